The third kappa shape index (κ3) is 8.25. The molecule has 3 N–H and O–H groups in total. The number of hydrogen-bond acceptors (Lipinski definition) is 9. The molecule has 39 heavy (non-hydrogen) atoms. The SMILES string of the molecule is CN(C)CCNC(=O)c1cccc(Nc2ncc(C(F)(F)F)c(NCc3cccnc3N(C)S(C)(=O)=O)n2)c1. The Kier molecular flexibility index (Phi) is 9.29. The largest absolute Gasteiger partial charge is 0.421 e. The van der Waals surface area contributed by atoms with Gasteiger partial charge in [0.05, 0.1) is 6.26 Å². The van der Waals surface area contributed by atoms with Crippen LogP contribution in [-0.4, -0.2) is 74.7 Å². The average Bonchev–Trinajstić information content (AvgIpc) is 2.86. The fourth-order valence-electron chi connectivity index (χ4n) is 3.33. The van der Waals surface area contributed by atoms with Gasteiger partial charge in [0, 0.05) is 55.9 Å². The van der Waals surface area contributed by atoms with E-state index < -0.39 is 27.6 Å². The highest BCUT2D eigenvalue weighted by Crippen LogP contribution is 2.34. The molecule has 2 aromatic heterocycles. The molecule has 2 heterocycles. The van der Waals surface area contributed by atoms with Crippen LogP contribution in [0.4, 0.5) is 36.4 Å². The second-order valence-electron chi connectivity index (χ2n) is 8.79. The highest BCUT2D eigenvalue weighted by Gasteiger charge is 2.35. The molecule has 15 heteroatoms. The topological polar surface area (TPSA) is 132 Å². The molecule has 0 saturated heterocycles. The Balaban J connectivity index is 1.83. The number of alkyl halides is 3. The summed E-state index contributed by atoms with van der Waals surface area (Å²) in [6.07, 6.45) is -1.74. The number of likely N-dealkylation sites (N-methyl/N-ethyl adjacent to an activating group) is 1. The molecule has 210 valence electrons. The van der Waals surface area contributed by atoms with Gasteiger partial charge in [-0.15, -0.1) is 0 Å². The Bertz CT molecular complexity index is 1420. The van der Waals surface area contributed by atoms with Gasteiger partial charge in [-0.2, -0.15) is 18.2 Å². The minimum atomic E-state index is -4.76. The minimum absolute atomic E-state index is 0.0640. The summed E-state index contributed by atoms with van der Waals surface area (Å²) in [7, 11) is 1.41. The number of pyridine rings is 1. The Hall–Kier alpha value is -3.98. The number of anilines is 4. The molecule has 11 nitrogen and oxygen atoms in total. The molecular formula is C24H29F3N8O3S. The van der Waals surface area contributed by atoms with Crippen LogP contribution in [0.3, 0.4) is 0 Å². The van der Waals surface area contributed by atoms with Crippen molar-refractivity contribution < 1.29 is 26.4 Å². The zero-order chi connectivity index (χ0) is 28.8. The van der Waals surface area contributed by atoms with Crippen molar-refractivity contribution in [3.63, 3.8) is 0 Å². The number of rotatable bonds is 11. The predicted molar refractivity (Wildman–Crippen MR) is 142 cm³/mol. The van der Waals surface area contributed by atoms with Crippen molar-refractivity contribution in [2.24, 2.45) is 0 Å². The molecule has 0 spiro atoms. The maximum Gasteiger partial charge on any atom is 0.421 e. The van der Waals surface area contributed by atoms with Crippen molar-refractivity contribution in [3.8, 4) is 0 Å². The monoisotopic (exact) mass is 566 g/mol. The van der Waals surface area contributed by atoms with Gasteiger partial charge in [0.15, 0.2) is 0 Å². The standard InChI is InChI=1S/C24H29F3N8O3S/c1-34(2)12-11-29-22(36)16-7-5-9-18(13-16)32-23-31-15-19(24(25,26)27)20(33-23)30-14-17-8-6-10-28-21(17)35(3)39(4,37)38/h5-10,13,15H,11-12,14H2,1-4H3,(H,29,36)(H2,30,31,32,33). The van der Waals surface area contributed by atoms with Crippen LogP contribution < -0.4 is 20.3 Å². The average molecular weight is 567 g/mol. The second-order valence-corrected chi connectivity index (χ2v) is 10.8. The Morgan fingerprint density at radius 1 is 1.08 bits per heavy atom. The number of sulfonamides is 1. The van der Waals surface area contributed by atoms with Crippen LogP contribution in [0.15, 0.2) is 48.8 Å². The maximum absolute atomic E-state index is 13.7. The Labute approximate surface area is 224 Å². The van der Waals surface area contributed by atoms with E-state index >= 15 is 0 Å². The number of halogens is 3. The predicted octanol–water partition coefficient (Wildman–Crippen LogP) is 2.93. The lowest BCUT2D eigenvalue weighted by molar-refractivity contribution is -0.137. The number of nitrogens with zero attached hydrogens (tertiary/aromatic N) is 5. The van der Waals surface area contributed by atoms with Crippen LogP contribution in [0.2, 0.25) is 0 Å². The summed E-state index contributed by atoms with van der Waals surface area (Å²) in [5.74, 6) is -0.901. The first-order valence-electron chi connectivity index (χ1n) is 11.6. The van der Waals surface area contributed by atoms with Crippen molar-refractivity contribution in [1.82, 2.24) is 25.2 Å². The van der Waals surface area contributed by atoms with Gasteiger partial charge < -0.3 is 20.9 Å². The second kappa shape index (κ2) is 12.3. The molecule has 3 rings (SSSR count). The molecule has 0 fully saturated rings. The van der Waals surface area contributed by atoms with E-state index in [1.807, 2.05) is 19.0 Å². The Morgan fingerprint density at radius 3 is 2.49 bits per heavy atom. The molecule has 3 aromatic rings. The number of carbonyl (C=O) groups excluding carboxylic acids is 1. The molecule has 1 amide bonds. The number of aromatic nitrogens is 3. The number of carbonyl (C=O) groups is 1. The summed E-state index contributed by atoms with van der Waals surface area (Å²) in [6.45, 7) is 0.897. The van der Waals surface area contributed by atoms with Crippen molar-refractivity contribution in [1.29, 1.82) is 0 Å². The van der Waals surface area contributed by atoms with Gasteiger partial charge in [0.2, 0.25) is 16.0 Å². The van der Waals surface area contributed by atoms with E-state index in [1.165, 1.54) is 25.4 Å². The summed E-state index contributed by atoms with van der Waals surface area (Å²) in [6, 6.07) is 9.46. The third-order valence-electron chi connectivity index (χ3n) is 5.43. The Morgan fingerprint density at radius 2 is 1.82 bits per heavy atom. The van der Waals surface area contributed by atoms with E-state index in [0.29, 0.717) is 36.1 Å². The number of hydrogen-bond donors (Lipinski definition) is 3. The van der Waals surface area contributed by atoms with Gasteiger partial charge >= 0.3 is 6.18 Å². The molecule has 0 unspecified atom stereocenters. The maximum atomic E-state index is 13.7. The molecule has 0 radical (unpaired) electrons. The van der Waals surface area contributed by atoms with Crippen LogP contribution in [0, 0.1) is 0 Å². The molecular weight excluding hydrogens is 537 g/mol. The van der Waals surface area contributed by atoms with Gasteiger partial charge in [-0.1, -0.05) is 12.1 Å². The van der Waals surface area contributed by atoms with Gasteiger partial charge in [0.25, 0.3) is 5.91 Å². The van der Waals surface area contributed by atoms with Gasteiger partial charge in [-0.3, -0.25) is 9.10 Å². The van der Waals surface area contributed by atoms with Gasteiger partial charge in [0.1, 0.15) is 17.2 Å². The minimum Gasteiger partial charge on any atom is -0.365 e. The summed E-state index contributed by atoms with van der Waals surface area (Å²) < 4.78 is 66.0. The molecule has 0 bridgehead atoms. The summed E-state index contributed by atoms with van der Waals surface area (Å²) in [4.78, 5) is 26.2. The molecule has 1 aromatic carbocycles. The number of amides is 1. The van der Waals surface area contributed by atoms with E-state index in [4.69, 9.17) is 0 Å². The molecule has 0 atom stereocenters. The zero-order valence-corrected chi connectivity index (χ0v) is 22.6. The smallest absolute Gasteiger partial charge is 0.365 e. The van der Waals surface area contributed by atoms with Crippen LogP contribution in [0.25, 0.3) is 0 Å². The van der Waals surface area contributed by atoms with Crippen molar-refractivity contribution in [2.45, 2.75) is 12.7 Å². The van der Waals surface area contributed by atoms with Crippen LogP contribution in [-0.2, 0) is 22.7 Å². The highest BCUT2D eigenvalue weighted by molar-refractivity contribution is 7.92. The van der Waals surface area contributed by atoms with E-state index in [1.54, 1.807) is 24.3 Å². The van der Waals surface area contributed by atoms with Crippen molar-refractivity contribution in [2.75, 3.05) is 55.4 Å². The van der Waals surface area contributed by atoms with Crippen molar-refractivity contribution >= 4 is 39.2 Å². The zero-order valence-electron chi connectivity index (χ0n) is 21.7. The molecule has 0 aliphatic heterocycles. The van der Waals surface area contributed by atoms with E-state index in [-0.39, 0.29) is 24.2 Å². The first-order chi connectivity index (χ1) is 18.3. The quantitative estimate of drug-likeness (QED) is 0.321. The molecule has 0 aliphatic rings. The van der Waals surface area contributed by atoms with E-state index in [0.717, 1.165) is 10.6 Å². The van der Waals surface area contributed by atoms with Gasteiger partial charge in [-0.25, -0.2) is 18.4 Å². The highest BCUT2D eigenvalue weighted by atomic mass is 32.2. The fourth-order valence-corrected chi connectivity index (χ4v) is 3.81. The molecule has 0 saturated carbocycles. The number of benzene rings is 1. The van der Waals surface area contributed by atoms with E-state index in [9.17, 15) is 26.4 Å². The normalized spacial score (nSPS) is 11.8. The van der Waals surface area contributed by atoms with E-state index in [2.05, 4.69) is 30.9 Å². The lowest BCUT2D eigenvalue weighted by atomic mass is 10.2. The van der Waals surface area contributed by atoms with Crippen LogP contribution in [0.1, 0.15) is 21.5 Å². The van der Waals surface area contributed by atoms with Crippen LogP contribution >= 0.6 is 0 Å². The first-order valence-corrected chi connectivity index (χ1v) is 13.5. The summed E-state index contributed by atoms with van der Waals surface area (Å²) >= 11 is 0. The summed E-state index contributed by atoms with van der Waals surface area (Å²) in [5.41, 5.74) is -0.0305. The first kappa shape index (κ1) is 29.6. The third-order valence-corrected chi connectivity index (χ3v) is 6.60. The molecule has 0 aliphatic carbocycles. The van der Waals surface area contributed by atoms with Crippen molar-refractivity contribution in [3.05, 3.63) is 65.5 Å². The fraction of sp³-hybridized carbons (Fsp3) is 0.333. The lowest BCUT2D eigenvalue weighted by Crippen LogP contribution is -2.31. The number of nitrogens with one attached hydrogen (secondary N) is 3. The van der Waals surface area contributed by atoms with Gasteiger partial charge in [-0.05, 0) is 38.4 Å². The van der Waals surface area contributed by atoms with Crippen LogP contribution in [0.5, 0.6) is 0 Å². The summed E-state index contributed by atoms with van der Waals surface area (Å²) in [5, 5.41) is 8.24. The lowest BCUT2D eigenvalue weighted by Gasteiger charge is -2.20.